The normalized spacial score (nSPS) is 26.7. The maximum Gasteiger partial charge on any atom is 0.255 e. The van der Waals surface area contributed by atoms with E-state index in [1.54, 1.807) is 14.1 Å². The molecule has 0 unspecified atom stereocenters. The summed E-state index contributed by atoms with van der Waals surface area (Å²) in [4.78, 5) is 42.4. The van der Waals surface area contributed by atoms with Gasteiger partial charge >= 0.3 is 0 Å². The van der Waals surface area contributed by atoms with Gasteiger partial charge < -0.3 is 26.2 Å². The van der Waals surface area contributed by atoms with E-state index in [0.29, 0.717) is 17.7 Å². The number of primary amides is 1. The second-order valence-electron chi connectivity index (χ2n) is 10.7. The van der Waals surface area contributed by atoms with Crippen LogP contribution in [0.25, 0.3) is 0 Å². The molecule has 0 saturated carbocycles. The highest BCUT2D eigenvalue weighted by Gasteiger charge is 2.63. The number of hydrogen-bond acceptors (Lipinski definition) is 9. The van der Waals surface area contributed by atoms with Crippen LogP contribution in [0.3, 0.4) is 0 Å². The number of carbonyl (C=O) groups is 3. The first-order chi connectivity index (χ1) is 18.3. The summed E-state index contributed by atoms with van der Waals surface area (Å²) in [5, 5.41) is 44.9. The van der Waals surface area contributed by atoms with Crippen molar-refractivity contribution < 1.29 is 39.2 Å². The fourth-order valence-electron chi connectivity index (χ4n) is 6.42. The van der Waals surface area contributed by atoms with Gasteiger partial charge in [0.05, 0.1) is 11.6 Å². The average molecular weight is 566 g/mol. The summed E-state index contributed by atoms with van der Waals surface area (Å²) < 4.78 is 13.1. The number of halogens is 2. The van der Waals surface area contributed by atoms with E-state index in [4.69, 9.17) is 17.3 Å². The van der Waals surface area contributed by atoms with Crippen LogP contribution in [-0.4, -0.2) is 93.2 Å². The van der Waals surface area contributed by atoms with Gasteiger partial charge in [-0.3, -0.25) is 24.2 Å². The molecule has 1 aromatic rings. The quantitative estimate of drug-likeness (QED) is 0.296. The fraction of sp³-hybridized carbons (Fsp3) is 0.519. The van der Waals surface area contributed by atoms with Crippen LogP contribution in [0.2, 0.25) is 5.02 Å². The lowest BCUT2D eigenvalue weighted by Gasteiger charge is -2.50. The van der Waals surface area contributed by atoms with E-state index in [0.717, 1.165) is 6.42 Å². The summed E-state index contributed by atoms with van der Waals surface area (Å²) in [6, 6.07) is 0.256. The molecule has 212 valence electrons. The molecule has 39 heavy (non-hydrogen) atoms. The smallest absolute Gasteiger partial charge is 0.255 e. The van der Waals surface area contributed by atoms with Gasteiger partial charge in [0, 0.05) is 29.6 Å². The highest BCUT2D eigenvalue weighted by Crippen LogP contribution is 2.53. The number of carbonyl (C=O) groups excluding carboxylic acids is 3. The number of aliphatic hydroxyl groups excluding tert-OH is 2. The molecule has 0 radical (unpaired) electrons. The number of rotatable bonds is 8. The van der Waals surface area contributed by atoms with Crippen molar-refractivity contribution in [2.45, 2.75) is 44.4 Å². The van der Waals surface area contributed by atoms with Crippen molar-refractivity contribution >= 4 is 29.1 Å². The minimum Gasteiger partial charge on any atom is -0.510 e. The van der Waals surface area contributed by atoms with Crippen LogP contribution in [0.1, 0.15) is 41.3 Å². The lowest BCUT2D eigenvalue weighted by molar-refractivity contribution is -0.148. The average Bonchev–Trinajstić information content (AvgIpc) is 2.84. The van der Waals surface area contributed by atoms with E-state index in [9.17, 15) is 39.2 Å². The molecule has 12 heteroatoms. The zero-order valence-electron chi connectivity index (χ0n) is 22.0. The van der Waals surface area contributed by atoms with Gasteiger partial charge in [-0.05, 0) is 63.0 Å². The van der Waals surface area contributed by atoms with Crippen LogP contribution in [-0.2, 0) is 22.6 Å². The summed E-state index contributed by atoms with van der Waals surface area (Å²) in [5.74, 6) is -7.18. The number of allylic oxidation sites excluding steroid dienone is 1. The molecular formula is C27H33ClFN3O7. The van der Waals surface area contributed by atoms with Crippen molar-refractivity contribution in [3.8, 4) is 5.75 Å². The minimum absolute atomic E-state index is 0.0309. The summed E-state index contributed by atoms with van der Waals surface area (Å²) in [6.07, 6.45) is 0.833. The molecule has 3 aliphatic rings. The predicted octanol–water partition coefficient (Wildman–Crippen LogP) is 1.96. The van der Waals surface area contributed by atoms with Gasteiger partial charge in [-0.15, -0.1) is 0 Å². The van der Waals surface area contributed by atoms with Crippen molar-refractivity contribution in [3.63, 3.8) is 0 Å². The molecule has 0 aromatic heterocycles. The topological polar surface area (TPSA) is 165 Å². The second-order valence-corrected chi connectivity index (χ2v) is 11.0. The number of phenols is 1. The largest absolute Gasteiger partial charge is 0.510 e. The van der Waals surface area contributed by atoms with E-state index < -0.39 is 70.5 Å². The number of fused-ring (bicyclic) bond motifs is 3. The van der Waals surface area contributed by atoms with Crippen LogP contribution < -0.4 is 5.73 Å². The number of aromatic hydroxyl groups is 1. The zero-order valence-corrected chi connectivity index (χ0v) is 22.8. The van der Waals surface area contributed by atoms with Crippen LogP contribution in [0.5, 0.6) is 5.75 Å². The SMILES string of the molecule is CCCN(CCF)Cc1cc(O)c2c(c1Cl)C[C@H]1C[C@H]3[C@H](N(C)C)C(O)=C(C(N)=O)C(=O)[C@@]3(O)C(O)=C1C2=O. The van der Waals surface area contributed by atoms with E-state index >= 15 is 0 Å². The molecular weight excluding hydrogens is 533 g/mol. The number of aliphatic hydroxyl groups is 3. The first-order valence-corrected chi connectivity index (χ1v) is 13.1. The van der Waals surface area contributed by atoms with Gasteiger partial charge in [-0.2, -0.15) is 0 Å². The molecule has 10 nitrogen and oxygen atoms in total. The number of nitrogens with zero attached hydrogens (tertiary/aromatic N) is 2. The Bertz CT molecular complexity index is 1300. The third kappa shape index (κ3) is 4.41. The van der Waals surface area contributed by atoms with Gasteiger partial charge in [0.1, 0.15) is 29.5 Å². The molecule has 0 bridgehead atoms. The zero-order chi connectivity index (χ0) is 29.0. The summed E-state index contributed by atoms with van der Waals surface area (Å²) >= 11 is 6.75. The molecule has 6 N–H and O–H groups in total. The highest BCUT2D eigenvalue weighted by molar-refractivity contribution is 6.33. The Labute approximate surface area is 230 Å². The number of nitrogens with two attached hydrogens (primary N) is 1. The van der Waals surface area contributed by atoms with Crippen LogP contribution in [0, 0.1) is 11.8 Å². The lowest BCUT2D eigenvalue weighted by atomic mass is 9.58. The number of hydrogen-bond donors (Lipinski definition) is 5. The Kier molecular flexibility index (Phi) is 7.83. The van der Waals surface area contributed by atoms with Crippen LogP contribution >= 0.6 is 11.6 Å². The predicted molar refractivity (Wildman–Crippen MR) is 140 cm³/mol. The number of benzene rings is 1. The fourth-order valence-corrected chi connectivity index (χ4v) is 6.70. The summed E-state index contributed by atoms with van der Waals surface area (Å²) in [7, 11) is 3.13. The maximum atomic E-state index is 13.7. The summed E-state index contributed by atoms with van der Waals surface area (Å²) in [5.41, 5.74) is 2.24. The van der Waals surface area contributed by atoms with E-state index in [-0.39, 0.29) is 42.1 Å². The molecule has 4 rings (SSSR count). The number of ketones is 2. The number of alkyl halides is 1. The molecule has 4 atom stereocenters. The van der Waals surface area contributed by atoms with Crippen molar-refractivity contribution in [3.05, 3.63) is 50.4 Å². The van der Waals surface area contributed by atoms with Gasteiger partial charge in [-0.25, -0.2) is 4.39 Å². The van der Waals surface area contributed by atoms with E-state index in [1.165, 1.54) is 11.0 Å². The van der Waals surface area contributed by atoms with Crippen molar-refractivity contribution in [1.82, 2.24) is 9.80 Å². The number of Topliss-reactive ketones (excluding diaryl/α,β-unsaturated/α-hetero) is 2. The molecule has 3 aliphatic carbocycles. The molecule has 0 saturated heterocycles. The molecule has 1 amide bonds. The third-order valence-electron chi connectivity index (χ3n) is 8.07. The molecule has 0 heterocycles. The number of phenolic OH excluding ortho intramolecular Hbond substituents is 1. The Morgan fingerprint density at radius 1 is 1.23 bits per heavy atom. The Morgan fingerprint density at radius 2 is 1.90 bits per heavy atom. The van der Waals surface area contributed by atoms with Crippen LogP contribution in [0.15, 0.2) is 28.7 Å². The Morgan fingerprint density at radius 3 is 2.46 bits per heavy atom. The van der Waals surface area contributed by atoms with Crippen LogP contribution in [0.4, 0.5) is 4.39 Å². The van der Waals surface area contributed by atoms with Crippen molar-refractivity contribution in [1.29, 1.82) is 0 Å². The Balaban J connectivity index is 1.86. The number of likely N-dealkylation sites (N-methyl/N-ethyl adjacent to an activating group) is 1. The first kappa shape index (κ1) is 29.0. The van der Waals surface area contributed by atoms with E-state index in [2.05, 4.69) is 0 Å². The standard InChI is InChI=1S/C27H33ClFN3O7/c1-4-6-32(7-5-29)11-13-10-16(33)18-14(20(13)28)8-12-9-15-21(31(2)3)23(35)19(26(30)38)25(37)27(15,39)24(36)17(12)22(18)34/h10,12,15,21,33,35-36,39H,4-9,11H2,1-3H3,(H2,30,38)/t12-,15-,21-,27-/m0/s1. The lowest BCUT2D eigenvalue weighted by Crippen LogP contribution is -2.63. The van der Waals surface area contributed by atoms with Gasteiger partial charge in [0.15, 0.2) is 11.4 Å². The highest BCUT2D eigenvalue weighted by atomic mass is 35.5. The monoisotopic (exact) mass is 565 g/mol. The van der Waals surface area contributed by atoms with Crippen molar-refractivity contribution in [2.75, 3.05) is 33.9 Å². The number of amides is 1. The maximum absolute atomic E-state index is 13.7. The van der Waals surface area contributed by atoms with Crippen molar-refractivity contribution in [2.24, 2.45) is 17.6 Å². The molecule has 0 fully saturated rings. The van der Waals surface area contributed by atoms with Gasteiger partial charge in [-0.1, -0.05) is 18.5 Å². The molecule has 0 spiro atoms. The first-order valence-electron chi connectivity index (χ1n) is 12.8. The molecule has 0 aliphatic heterocycles. The second kappa shape index (κ2) is 10.5. The molecule has 1 aromatic carbocycles. The minimum atomic E-state index is -2.70. The third-order valence-corrected chi connectivity index (χ3v) is 8.54. The Hall–Kier alpha value is -2.99. The van der Waals surface area contributed by atoms with E-state index in [1.807, 2.05) is 11.8 Å². The van der Waals surface area contributed by atoms with Gasteiger partial charge in [0.25, 0.3) is 5.91 Å². The summed E-state index contributed by atoms with van der Waals surface area (Å²) in [6.45, 7) is 2.42. The van der Waals surface area contributed by atoms with Gasteiger partial charge in [0.2, 0.25) is 5.78 Å².